The predicted octanol–water partition coefficient (Wildman–Crippen LogP) is 2.68. The molecule has 2 nitrogen and oxygen atoms in total. The molecule has 1 aliphatic carbocycles. The molecule has 0 radical (unpaired) electrons. The van der Waals surface area contributed by atoms with Gasteiger partial charge in [-0.15, -0.1) is 11.3 Å². The van der Waals surface area contributed by atoms with Crippen LogP contribution < -0.4 is 5.73 Å². The molecule has 0 spiro atoms. The van der Waals surface area contributed by atoms with Gasteiger partial charge in [-0.25, -0.2) is 0 Å². The molecular weight excluding hydrogens is 248 g/mol. The Morgan fingerprint density at radius 2 is 2.35 bits per heavy atom. The van der Waals surface area contributed by atoms with E-state index in [9.17, 15) is 0 Å². The Bertz CT molecular complexity index is 369. The van der Waals surface area contributed by atoms with E-state index in [0.29, 0.717) is 10.4 Å². The van der Waals surface area contributed by atoms with Gasteiger partial charge in [0.05, 0.1) is 4.99 Å². The summed E-state index contributed by atoms with van der Waals surface area (Å²) in [6.07, 6.45) is 4.64. The first-order valence-corrected chi connectivity index (χ1v) is 7.38. The minimum absolute atomic E-state index is 0.413. The van der Waals surface area contributed by atoms with Crippen molar-refractivity contribution >= 4 is 28.5 Å². The predicted molar refractivity (Wildman–Crippen MR) is 78.6 cm³/mol. The van der Waals surface area contributed by atoms with Crippen LogP contribution >= 0.6 is 23.6 Å². The van der Waals surface area contributed by atoms with E-state index in [4.69, 9.17) is 18.0 Å². The highest BCUT2D eigenvalue weighted by Gasteiger charge is 2.43. The first kappa shape index (κ1) is 13.0. The summed E-state index contributed by atoms with van der Waals surface area (Å²) in [6.45, 7) is 2.26. The average Bonchev–Trinajstić information content (AvgIpc) is 2.81. The van der Waals surface area contributed by atoms with E-state index >= 15 is 0 Å². The molecule has 4 heteroatoms. The standard InChI is InChI=1S/C13H20N2S2/c1-15(7-4-11-3-2-8-17-11)10-13(5-6-13)9-12(14)16/h2-3,8H,4-7,9-10H2,1H3,(H2,14,16). The number of likely N-dealkylation sites (N-methyl/N-ethyl adjacent to an activating group) is 1. The van der Waals surface area contributed by atoms with E-state index < -0.39 is 0 Å². The second-order valence-corrected chi connectivity index (χ2v) is 6.77. The van der Waals surface area contributed by atoms with Crippen LogP contribution in [0.25, 0.3) is 0 Å². The first-order valence-electron chi connectivity index (χ1n) is 6.09. The van der Waals surface area contributed by atoms with Crippen molar-refractivity contribution in [2.24, 2.45) is 11.1 Å². The van der Waals surface area contributed by atoms with E-state index in [1.54, 1.807) is 0 Å². The van der Waals surface area contributed by atoms with Crippen molar-refractivity contribution in [3.05, 3.63) is 22.4 Å². The Morgan fingerprint density at radius 3 is 2.88 bits per heavy atom. The molecule has 0 atom stereocenters. The van der Waals surface area contributed by atoms with Crippen LogP contribution in [-0.4, -0.2) is 30.0 Å². The lowest BCUT2D eigenvalue weighted by Crippen LogP contribution is -2.30. The fourth-order valence-corrected chi connectivity index (χ4v) is 3.35. The van der Waals surface area contributed by atoms with Crippen LogP contribution in [0.15, 0.2) is 17.5 Å². The second-order valence-electron chi connectivity index (χ2n) is 5.21. The summed E-state index contributed by atoms with van der Waals surface area (Å²) < 4.78 is 0. The molecule has 2 N–H and O–H groups in total. The minimum atomic E-state index is 0.413. The molecule has 2 rings (SSSR count). The summed E-state index contributed by atoms with van der Waals surface area (Å²) in [4.78, 5) is 4.57. The normalized spacial score (nSPS) is 17.3. The van der Waals surface area contributed by atoms with Gasteiger partial charge in [-0.3, -0.25) is 0 Å². The van der Waals surface area contributed by atoms with Gasteiger partial charge in [-0.2, -0.15) is 0 Å². The van der Waals surface area contributed by atoms with E-state index in [-0.39, 0.29) is 0 Å². The topological polar surface area (TPSA) is 29.3 Å². The summed E-state index contributed by atoms with van der Waals surface area (Å²) in [6, 6.07) is 4.33. The lowest BCUT2D eigenvalue weighted by atomic mass is 10.0. The Balaban J connectivity index is 1.74. The molecule has 1 aliphatic rings. The Hall–Kier alpha value is -0.450. The van der Waals surface area contributed by atoms with Crippen molar-refractivity contribution in [3.8, 4) is 0 Å². The monoisotopic (exact) mass is 268 g/mol. The van der Waals surface area contributed by atoms with Gasteiger partial charge in [0.2, 0.25) is 0 Å². The van der Waals surface area contributed by atoms with Crippen LogP contribution in [-0.2, 0) is 6.42 Å². The molecule has 1 aromatic heterocycles. The zero-order valence-corrected chi connectivity index (χ0v) is 11.9. The largest absolute Gasteiger partial charge is 0.393 e. The van der Waals surface area contributed by atoms with Gasteiger partial charge in [0.25, 0.3) is 0 Å². The van der Waals surface area contributed by atoms with Crippen LogP contribution in [0.4, 0.5) is 0 Å². The van der Waals surface area contributed by atoms with Crippen LogP contribution in [0.2, 0.25) is 0 Å². The van der Waals surface area contributed by atoms with Gasteiger partial charge in [-0.05, 0) is 43.2 Å². The number of nitrogens with two attached hydrogens (primary N) is 1. The van der Waals surface area contributed by atoms with Crippen molar-refractivity contribution in [2.75, 3.05) is 20.1 Å². The quantitative estimate of drug-likeness (QED) is 0.771. The van der Waals surface area contributed by atoms with Gasteiger partial charge >= 0.3 is 0 Å². The van der Waals surface area contributed by atoms with Gasteiger partial charge in [0, 0.05) is 24.4 Å². The van der Waals surface area contributed by atoms with Crippen LogP contribution in [0.3, 0.4) is 0 Å². The zero-order valence-electron chi connectivity index (χ0n) is 10.3. The molecule has 0 bridgehead atoms. The fourth-order valence-electron chi connectivity index (χ4n) is 2.34. The van der Waals surface area contributed by atoms with Crippen molar-refractivity contribution < 1.29 is 0 Å². The molecule has 0 saturated heterocycles. The molecule has 0 aromatic carbocycles. The molecule has 0 unspecified atom stereocenters. The Labute approximate surface area is 113 Å². The van der Waals surface area contributed by atoms with Crippen LogP contribution in [0.5, 0.6) is 0 Å². The first-order chi connectivity index (χ1) is 8.10. The van der Waals surface area contributed by atoms with Crippen molar-refractivity contribution in [2.45, 2.75) is 25.7 Å². The Kier molecular flexibility index (Phi) is 4.17. The number of rotatable bonds is 7. The number of hydrogen-bond acceptors (Lipinski definition) is 3. The molecular formula is C13H20N2S2. The van der Waals surface area contributed by atoms with Crippen molar-refractivity contribution in [1.82, 2.24) is 4.90 Å². The summed E-state index contributed by atoms with van der Waals surface area (Å²) in [5.41, 5.74) is 6.07. The number of hydrogen-bond donors (Lipinski definition) is 1. The summed E-state index contributed by atoms with van der Waals surface area (Å²) in [5.74, 6) is 0. The molecule has 1 fully saturated rings. The Morgan fingerprint density at radius 1 is 1.59 bits per heavy atom. The molecule has 0 amide bonds. The highest BCUT2D eigenvalue weighted by atomic mass is 32.1. The van der Waals surface area contributed by atoms with E-state index in [0.717, 1.165) is 25.9 Å². The van der Waals surface area contributed by atoms with E-state index in [2.05, 4.69) is 29.5 Å². The molecule has 17 heavy (non-hydrogen) atoms. The summed E-state index contributed by atoms with van der Waals surface area (Å²) >= 11 is 6.87. The number of thiophene rings is 1. The molecule has 1 aromatic rings. The maximum Gasteiger partial charge on any atom is 0.0733 e. The second kappa shape index (κ2) is 5.46. The van der Waals surface area contributed by atoms with Gasteiger partial charge in [0.15, 0.2) is 0 Å². The lowest BCUT2D eigenvalue weighted by Gasteiger charge is -2.23. The number of thiocarbonyl (C=S) groups is 1. The zero-order chi connectivity index (χ0) is 12.3. The van der Waals surface area contributed by atoms with Crippen molar-refractivity contribution in [1.29, 1.82) is 0 Å². The third kappa shape index (κ3) is 4.05. The van der Waals surface area contributed by atoms with Gasteiger partial charge < -0.3 is 10.6 Å². The molecule has 1 saturated carbocycles. The maximum atomic E-state index is 5.66. The van der Waals surface area contributed by atoms with E-state index in [1.165, 1.54) is 17.7 Å². The van der Waals surface area contributed by atoms with E-state index in [1.807, 2.05) is 11.3 Å². The third-order valence-electron chi connectivity index (χ3n) is 3.43. The summed E-state index contributed by atoms with van der Waals surface area (Å²) in [5, 5.41) is 2.14. The highest BCUT2D eigenvalue weighted by Crippen LogP contribution is 2.49. The SMILES string of the molecule is CN(CCc1cccs1)CC1(CC(N)=S)CC1. The smallest absolute Gasteiger partial charge is 0.0733 e. The van der Waals surface area contributed by atoms with Gasteiger partial charge in [0.1, 0.15) is 0 Å². The molecule has 1 heterocycles. The summed E-state index contributed by atoms with van der Waals surface area (Å²) in [7, 11) is 2.20. The van der Waals surface area contributed by atoms with Crippen LogP contribution in [0.1, 0.15) is 24.1 Å². The van der Waals surface area contributed by atoms with Crippen molar-refractivity contribution in [3.63, 3.8) is 0 Å². The molecule has 0 aliphatic heterocycles. The van der Waals surface area contributed by atoms with Gasteiger partial charge in [-0.1, -0.05) is 18.3 Å². The lowest BCUT2D eigenvalue weighted by molar-refractivity contribution is 0.270. The third-order valence-corrected chi connectivity index (χ3v) is 4.51. The maximum absolute atomic E-state index is 5.66. The highest BCUT2D eigenvalue weighted by molar-refractivity contribution is 7.80. The fraction of sp³-hybridized carbons (Fsp3) is 0.615. The van der Waals surface area contributed by atoms with Crippen LogP contribution in [0, 0.1) is 5.41 Å². The minimum Gasteiger partial charge on any atom is -0.393 e. The molecule has 94 valence electrons. The average molecular weight is 268 g/mol. The number of nitrogens with zero attached hydrogens (tertiary/aromatic N) is 1.